The van der Waals surface area contributed by atoms with E-state index in [0.29, 0.717) is 6.54 Å². The zero-order chi connectivity index (χ0) is 18.6. The Balaban J connectivity index is 1.51. The zero-order valence-corrected chi connectivity index (χ0v) is 15.5. The molecule has 1 atom stereocenters. The van der Waals surface area contributed by atoms with Crippen molar-refractivity contribution in [2.75, 3.05) is 26.8 Å². The maximum atomic E-state index is 11.8. The van der Waals surface area contributed by atoms with Crippen molar-refractivity contribution >= 4 is 16.7 Å². The first-order chi connectivity index (χ1) is 13.2. The molecular weight excluding hydrogens is 340 g/mol. The van der Waals surface area contributed by atoms with Gasteiger partial charge in [-0.2, -0.15) is 5.10 Å². The standard InChI is InChI=1S/C21H24N4O2/c1-27-15-21(26)22-11-19-14-24(13-18-9-10-23-25(18)19)12-17-7-4-6-16-5-2-3-8-20(16)17/h2-10,19H,11-15H2,1H3,(H,22,26)/t19-/m0/s1. The molecule has 0 fully saturated rings. The topological polar surface area (TPSA) is 59.4 Å². The van der Waals surface area contributed by atoms with Crippen LogP contribution in [0.5, 0.6) is 0 Å². The lowest BCUT2D eigenvalue weighted by atomic mass is 10.0. The number of carbonyl (C=O) groups is 1. The molecule has 140 valence electrons. The third kappa shape index (κ3) is 3.86. The van der Waals surface area contributed by atoms with Crippen molar-refractivity contribution in [1.29, 1.82) is 0 Å². The molecule has 0 bridgehead atoms. The van der Waals surface area contributed by atoms with Gasteiger partial charge in [-0.15, -0.1) is 0 Å². The molecule has 1 N–H and O–H groups in total. The van der Waals surface area contributed by atoms with Crippen LogP contribution in [0.4, 0.5) is 0 Å². The number of amides is 1. The molecule has 0 radical (unpaired) electrons. The van der Waals surface area contributed by atoms with E-state index in [1.54, 1.807) is 0 Å². The predicted octanol–water partition coefficient (Wildman–Crippen LogP) is 2.36. The van der Waals surface area contributed by atoms with Crippen molar-refractivity contribution in [3.05, 3.63) is 66.0 Å². The van der Waals surface area contributed by atoms with Crippen LogP contribution in [0.1, 0.15) is 17.3 Å². The molecule has 3 aromatic rings. The second kappa shape index (κ2) is 7.90. The van der Waals surface area contributed by atoms with Crippen LogP contribution in [0, 0.1) is 0 Å². The Morgan fingerprint density at radius 3 is 2.96 bits per heavy atom. The minimum absolute atomic E-state index is 0.0817. The predicted molar refractivity (Wildman–Crippen MR) is 104 cm³/mol. The third-order valence-electron chi connectivity index (χ3n) is 5.04. The van der Waals surface area contributed by atoms with Crippen molar-refractivity contribution in [3.8, 4) is 0 Å². The van der Waals surface area contributed by atoms with Crippen LogP contribution in [0.2, 0.25) is 0 Å². The molecule has 1 aliphatic heterocycles. The highest BCUT2D eigenvalue weighted by molar-refractivity contribution is 5.85. The summed E-state index contributed by atoms with van der Waals surface area (Å²) >= 11 is 0. The number of ether oxygens (including phenoxy) is 1. The molecule has 0 spiro atoms. The van der Waals surface area contributed by atoms with Crippen LogP contribution >= 0.6 is 0 Å². The first kappa shape index (κ1) is 17.7. The van der Waals surface area contributed by atoms with Crippen molar-refractivity contribution in [1.82, 2.24) is 20.0 Å². The molecule has 2 aromatic carbocycles. The van der Waals surface area contributed by atoms with Gasteiger partial charge in [0.25, 0.3) is 0 Å². The summed E-state index contributed by atoms with van der Waals surface area (Å²) in [5.74, 6) is -0.0996. The molecule has 2 heterocycles. The van der Waals surface area contributed by atoms with Gasteiger partial charge in [0, 0.05) is 39.5 Å². The number of methoxy groups -OCH3 is 1. The monoisotopic (exact) mass is 364 g/mol. The lowest BCUT2D eigenvalue weighted by Crippen LogP contribution is -2.43. The maximum Gasteiger partial charge on any atom is 0.246 e. The Kier molecular flexibility index (Phi) is 5.18. The number of fused-ring (bicyclic) bond motifs is 2. The number of benzene rings is 2. The van der Waals surface area contributed by atoms with E-state index in [2.05, 4.69) is 63.8 Å². The Morgan fingerprint density at radius 2 is 2.07 bits per heavy atom. The van der Waals surface area contributed by atoms with Gasteiger partial charge < -0.3 is 10.1 Å². The summed E-state index contributed by atoms with van der Waals surface area (Å²) in [5, 5.41) is 9.97. The molecule has 0 saturated carbocycles. The molecule has 0 saturated heterocycles. The summed E-state index contributed by atoms with van der Waals surface area (Å²) in [6.07, 6.45) is 1.83. The lowest BCUT2D eigenvalue weighted by molar-refractivity contribution is -0.124. The normalized spacial score (nSPS) is 17.0. The van der Waals surface area contributed by atoms with E-state index in [-0.39, 0.29) is 18.6 Å². The fraction of sp³-hybridized carbons (Fsp3) is 0.333. The number of nitrogens with one attached hydrogen (secondary N) is 1. The first-order valence-electron chi connectivity index (χ1n) is 9.21. The smallest absolute Gasteiger partial charge is 0.246 e. The van der Waals surface area contributed by atoms with Crippen LogP contribution in [-0.4, -0.2) is 47.4 Å². The van der Waals surface area contributed by atoms with E-state index < -0.39 is 0 Å². The lowest BCUT2D eigenvalue weighted by Gasteiger charge is -2.34. The largest absolute Gasteiger partial charge is 0.375 e. The van der Waals surface area contributed by atoms with Crippen molar-refractivity contribution in [2.45, 2.75) is 19.1 Å². The second-order valence-corrected chi connectivity index (χ2v) is 6.97. The Hall–Kier alpha value is -2.70. The summed E-state index contributed by atoms with van der Waals surface area (Å²) in [6.45, 7) is 3.19. The third-order valence-corrected chi connectivity index (χ3v) is 5.04. The second-order valence-electron chi connectivity index (χ2n) is 6.97. The fourth-order valence-electron chi connectivity index (χ4n) is 3.82. The maximum absolute atomic E-state index is 11.8. The number of rotatable bonds is 6. The molecule has 0 aliphatic carbocycles. The van der Waals surface area contributed by atoms with Crippen LogP contribution in [-0.2, 0) is 22.6 Å². The number of hydrogen-bond acceptors (Lipinski definition) is 4. The number of nitrogens with zero attached hydrogens (tertiary/aromatic N) is 3. The average Bonchev–Trinajstić information content (AvgIpc) is 3.15. The summed E-state index contributed by atoms with van der Waals surface area (Å²) in [5.41, 5.74) is 2.50. The Labute approximate surface area is 158 Å². The van der Waals surface area contributed by atoms with E-state index in [9.17, 15) is 4.79 Å². The minimum Gasteiger partial charge on any atom is -0.375 e. The SMILES string of the molecule is COCC(=O)NC[C@H]1CN(Cc2cccc3ccccc23)Cc2ccnn21. The molecular formula is C21H24N4O2. The summed E-state index contributed by atoms with van der Waals surface area (Å²) < 4.78 is 6.93. The van der Waals surface area contributed by atoms with Crippen molar-refractivity contribution in [2.24, 2.45) is 0 Å². The van der Waals surface area contributed by atoms with E-state index in [4.69, 9.17) is 4.74 Å². The van der Waals surface area contributed by atoms with Crippen LogP contribution < -0.4 is 5.32 Å². The highest BCUT2D eigenvalue weighted by atomic mass is 16.5. The number of hydrogen-bond donors (Lipinski definition) is 1. The van der Waals surface area contributed by atoms with E-state index >= 15 is 0 Å². The first-order valence-corrected chi connectivity index (χ1v) is 9.21. The molecule has 0 unspecified atom stereocenters. The van der Waals surface area contributed by atoms with Gasteiger partial charge >= 0.3 is 0 Å². The fourth-order valence-corrected chi connectivity index (χ4v) is 3.82. The Bertz CT molecular complexity index is 931. The molecule has 4 rings (SSSR count). The van der Waals surface area contributed by atoms with Gasteiger partial charge in [-0.25, -0.2) is 0 Å². The molecule has 1 amide bonds. The number of aromatic nitrogens is 2. The van der Waals surface area contributed by atoms with Gasteiger partial charge in [0.05, 0.1) is 11.7 Å². The van der Waals surface area contributed by atoms with Gasteiger partial charge in [-0.05, 0) is 22.4 Å². The quantitative estimate of drug-likeness (QED) is 0.729. The van der Waals surface area contributed by atoms with Crippen LogP contribution in [0.3, 0.4) is 0 Å². The van der Waals surface area contributed by atoms with Crippen LogP contribution in [0.25, 0.3) is 10.8 Å². The van der Waals surface area contributed by atoms with Crippen molar-refractivity contribution in [3.63, 3.8) is 0 Å². The molecule has 1 aliphatic rings. The summed E-state index contributed by atoms with van der Waals surface area (Å²) in [4.78, 5) is 14.2. The van der Waals surface area contributed by atoms with E-state index in [0.717, 1.165) is 19.6 Å². The summed E-state index contributed by atoms with van der Waals surface area (Å²) in [6, 6.07) is 17.1. The molecule has 6 heteroatoms. The van der Waals surface area contributed by atoms with Gasteiger partial charge in [0.15, 0.2) is 0 Å². The van der Waals surface area contributed by atoms with Gasteiger partial charge in [0.1, 0.15) is 6.61 Å². The minimum atomic E-state index is -0.0996. The van der Waals surface area contributed by atoms with Crippen molar-refractivity contribution < 1.29 is 9.53 Å². The zero-order valence-electron chi connectivity index (χ0n) is 15.5. The van der Waals surface area contributed by atoms with Gasteiger partial charge in [-0.1, -0.05) is 42.5 Å². The average molecular weight is 364 g/mol. The highest BCUT2D eigenvalue weighted by Gasteiger charge is 2.26. The Morgan fingerprint density at radius 1 is 1.22 bits per heavy atom. The van der Waals surface area contributed by atoms with Gasteiger partial charge in [-0.3, -0.25) is 14.4 Å². The number of carbonyl (C=O) groups excluding carboxylic acids is 1. The van der Waals surface area contributed by atoms with Crippen LogP contribution in [0.15, 0.2) is 54.7 Å². The molecule has 27 heavy (non-hydrogen) atoms. The van der Waals surface area contributed by atoms with E-state index in [1.165, 1.54) is 29.1 Å². The van der Waals surface area contributed by atoms with Gasteiger partial charge in [0.2, 0.25) is 5.91 Å². The highest BCUT2D eigenvalue weighted by Crippen LogP contribution is 2.25. The molecule has 6 nitrogen and oxygen atoms in total. The van der Waals surface area contributed by atoms with E-state index in [1.807, 2.05) is 10.9 Å². The summed E-state index contributed by atoms with van der Waals surface area (Å²) in [7, 11) is 1.53. The molecule has 1 aromatic heterocycles.